The van der Waals surface area contributed by atoms with Crippen LogP contribution in [0.3, 0.4) is 0 Å². The zero-order valence-corrected chi connectivity index (χ0v) is 16.7. The predicted octanol–water partition coefficient (Wildman–Crippen LogP) is 2.21. The highest BCUT2D eigenvalue weighted by Gasteiger charge is 2.52. The third-order valence-electron chi connectivity index (χ3n) is 4.93. The number of esters is 1. The van der Waals surface area contributed by atoms with Gasteiger partial charge in [0.2, 0.25) is 5.91 Å². The van der Waals surface area contributed by atoms with Gasteiger partial charge in [0.05, 0.1) is 23.9 Å². The maximum absolute atomic E-state index is 11.7. The van der Waals surface area contributed by atoms with Crippen molar-refractivity contribution in [2.75, 3.05) is 19.4 Å². The molecule has 1 saturated heterocycles. The van der Waals surface area contributed by atoms with Crippen molar-refractivity contribution in [3.8, 4) is 0 Å². The van der Waals surface area contributed by atoms with Gasteiger partial charge in [-0.05, 0) is 50.9 Å². The first-order valence-electron chi connectivity index (χ1n) is 8.75. The molecule has 7 nitrogen and oxygen atoms in total. The molecule has 0 saturated carbocycles. The van der Waals surface area contributed by atoms with E-state index in [1.54, 1.807) is 18.2 Å². The Morgan fingerprint density at radius 3 is 2.30 bits per heavy atom. The maximum atomic E-state index is 11.7. The van der Waals surface area contributed by atoms with Crippen LogP contribution in [0, 0.1) is 0 Å². The third kappa shape index (κ3) is 4.70. The second-order valence-electron chi connectivity index (χ2n) is 7.56. The van der Waals surface area contributed by atoms with E-state index in [9.17, 15) is 9.59 Å². The van der Waals surface area contributed by atoms with Crippen molar-refractivity contribution in [3.63, 3.8) is 0 Å². The molecule has 0 atom stereocenters. The molecule has 27 heavy (non-hydrogen) atoms. The Hall–Kier alpha value is -2.32. The quantitative estimate of drug-likeness (QED) is 0.466. The van der Waals surface area contributed by atoms with Crippen molar-refractivity contribution in [2.45, 2.75) is 45.8 Å². The Morgan fingerprint density at radius 2 is 1.81 bits per heavy atom. The van der Waals surface area contributed by atoms with Crippen LogP contribution in [0.5, 0.6) is 0 Å². The van der Waals surface area contributed by atoms with Crippen molar-refractivity contribution in [3.05, 3.63) is 34.8 Å². The lowest BCUT2D eigenvalue weighted by molar-refractivity contribution is -0.118. The van der Waals surface area contributed by atoms with Crippen LogP contribution < -0.4 is 11.1 Å². The largest absolute Gasteiger partial charge is 0.492 e. The van der Waals surface area contributed by atoms with Crippen LogP contribution in [0.2, 0.25) is 0 Å². The van der Waals surface area contributed by atoms with Gasteiger partial charge in [0.25, 0.3) is 0 Å². The van der Waals surface area contributed by atoms with Crippen molar-refractivity contribution >= 4 is 30.8 Å². The zero-order chi connectivity index (χ0) is 20.4. The number of anilines is 1. The van der Waals surface area contributed by atoms with Gasteiger partial charge < -0.3 is 25.1 Å². The van der Waals surface area contributed by atoms with E-state index in [0.29, 0.717) is 11.3 Å². The minimum absolute atomic E-state index is 0.155. The Balaban J connectivity index is 2.35. The number of hydrogen-bond donors (Lipinski definition) is 2. The number of nitrogens with one attached hydrogen (secondary N) is 1. The molecule has 0 bridgehead atoms. The van der Waals surface area contributed by atoms with Gasteiger partial charge in [-0.2, -0.15) is 0 Å². The second kappa shape index (κ2) is 7.74. The average molecular weight is 374 g/mol. The number of carbonyl (C=O) groups is 2. The molecule has 1 aromatic carbocycles. The number of benzene rings is 1. The number of amides is 1. The van der Waals surface area contributed by atoms with E-state index >= 15 is 0 Å². The molecule has 1 amide bonds. The van der Waals surface area contributed by atoms with Gasteiger partial charge in [-0.25, -0.2) is 4.79 Å². The molecule has 0 aliphatic carbocycles. The van der Waals surface area contributed by atoms with Crippen LogP contribution in [-0.4, -0.2) is 43.9 Å². The summed E-state index contributed by atoms with van der Waals surface area (Å²) < 4.78 is 16.9. The lowest BCUT2D eigenvalue weighted by atomic mass is 9.77. The van der Waals surface area contributed by atoms with Crippen molar-refractivity contribution in [2.24, 2.45) is 0 Å². The topological polar surface area (TPSA) is 99.9 Å². The van der Waals surface area contributed by atoms with Crippen LogP contribution in [0.4, 0.5) is 5.69 Å². The highest BCUT2D eigenvalue weighted by atomic mass is 16.7. The average Bonchev–Trinajstić information content (AvgIpc) is 2.78. The summed E-state index contributed by atoms with van der Waals surface area (Å²) in [4.78, 5) is 23.1. The first kappa shape index (κ1) is 21.0. The number of hydrogen-bond acceptors (Lipinski definition) is 6. The molecule has 2 rings (SSSR count). The Kier molecular flexibility index (Phi) is 6.02. The van der Waals surface area contributed by atoms with Gasteiger partial charge in [-0.15, -0.1) is 0 Å². The summed E-state index contributed by atoms with van der Waals surface area (Å²) in [6.45, 7) is 9.58. The molecule has 8 heteroatoms. The zero-order valence-electron chi connectivity index (χ0n) is 16.7. The summed E-state index contributed by atoms with van der Waals surface area (Å²) in [6, 6.07) is 5.03. The smallest absolute Gasteiger partial charge is 0.465 e. The SMILES string of the molecule is COC(=O)c1ccc(C=C(CNC(C)=O)B2OC(C)(C)C(C)(C)O2)cc1N. The van der Waals surface area contributed by atoms with Crippen LogP contribution in [0.1, 0.15) is 50.5 Å². The molecular weight excluding hydrogens is 347 g/mol. The highest BCUT2D eigenvalue weighted by molar-refractivity contribution is 6.56. The summed E-state index contributed by atoms with van der Waals surface area (Å²) >= 11 is 0. The monoisotopic (exact) mass is 374 g/mol. The van der Waals surface area contributed by atoms with Crippen LogP contribution in [0.25, 0.3) is 6.08 Å². The van der Waals surface area contributed by atoms with Crippen LogP contribution >= 0.6 is 0 Å². The molecule has 1 aliphatic rings. The predicted molar refractivity (Wildman–Crippen MR) is 105 cm³/mol. The molecule has 0 unspecified atom stereocenters. The number of nitrogens with two attached hydrogens (primary N) is 1. The molecule has 146 valence electrons. The summed E-state index contributed by atoms with van der Waals surface area (Å²) in [5.41, 5.74) is 7.09. The first-order chi connectivity index (χ1) is 12.5. The molecular formula is C19H27BN2O5. The summed E-state index contributed by atoms with van der Waals surface area (Å²) in [7, 11) is 0.697. The fourth-order valence-electron chi connectivity index (χ4n) is 2.60. The maximum Gasteiger partial charge on any atom is 0.492 e. The summed E-state index contributed by atoms with van der Waals surface area (Å²) in [5.74, 6) is -0.648. The van der Waals surface area contributed by atoms with Gasteiger partial charge in [0, 0.05) is 19.2 Å². The molecule has 1 aromatic rings. The minimum Gasteiger partial charge on any atom is -0.465 e. The Labute approximate surface area is 160 Å². The first-order valence-corrected chi connectivity index (χ1v) is 8.75. The van der Waals surface area contributed by atoms with Gasteiger partial charge in [0.1, 0.15) is 0 Å². The van der Waals surface area contributed by atoms with E-state index < -0.39 is 24.3 Å². The molecule has 0 spiro atoms. The molecule has 0 radical (unpaired) electrons. The van der Waals surface area contributed by atoms with Gasteiger partial charge in [-0.3, -0.25) is 4.79 Å². The van der Waals surface area contributed by atoms with Crippen LogP contribution in [0.15, 0.2) is 23.7 Å². The van der Waals surface area contributed by atoms with Crippen molar-refractivity contribution in [1.29, 1.82) is 0 Å². The lowest BCUT2D eigenvalue weighted by Gasteiger charge is -2.32. The standard InChI is InChI=1S/C19H27BN2O5/c1-12(23)22-11-14(20-26-18(2,3)19(4,5)27-20)9-13-7-8-15(16(21)10-13)17(24)25-6/h7-10H,11,21H2,1-6H3,(H,22,23). The van der Waals surface area contributed by atoms with E-state index in [0.717, 1.165) is 11.0 Å². The van der Waals surface area contributed by atoms with Gasteiger partial charge in [-0.1, -0.05) is 12.1 Å². The van der Waals surface area contributed by atoms with Crippen LogP contribution in [-0.2, 0) is 18.8 Å². The van der Waals surface area contributed by atoms with E-state index in [-0.39, 0.29) is 12.5 Å². The van der Waals surface area contributed by atoms with Gasteiger partial charge >= 0.3 is 13.1 Å². The van der Waals surface area contributed by atoms with Crippen molar-refractivity contribution in [1.82, 2.24) is 5.32 Å². The van der Waals surface area contributed by atoms with E-state index in [1.165, 1.54) is 14.0 Å². The lowest BCUT2D eigenvalue weighted by Crippen LogP contribution is -2.41. The number of carbonyl (C=O) groups excluding carboxylic acids is 2. The highest BCUT2D eigenvalue weighted by Crippen LogP contribution is 2.38. The van der Waals surface area contributed by atoms with E-state index in [1.807, 2.05) is 33.8 Å². The molecule has 1 aliphatic heterocycles. The Morgan fingerprint density at radius 1 is 1.22 bits per heavy atom. The minimum atomic E-state index is -0.608. The Bertz CT molecular complexity index is 757. The second-order valence-corrected chi connectivity index (χ2v) is 7.56. The van der Waals surface area contributed by atoms with E-state index in [4.69, 9.17) is 19.8 Å². The molecule has 0 aromatic heterocycles. The number of ether oxygens (including phenoxy) is 1. The van der Waals surface area contributed by atoms with E-state index in [2.05, 4.69) is 5.32 Å². The number of methoxy groups -OCH3 is 1. The summed E-state index contributed by atoms with van der Waals surface area (Å²) in [5, 5.41) is 2.78. The normalized spacial score (nSPS) is 18.3. The summed E-state index contributed by atoms with van der Waals surface area (Å²) in [6.07, 6.45) is 1.84. The molecule has 3 N–H and O–H groups in total. The number of nitrogen functional groups attached to an aromatic ring is 1. The van der Waals surface area contributed by atoms with Gasteiger partial charge in [0.15, 0.2) is 0 Å². The van der Waals surface area contributed by atoms with Crippen molar-refractivity contribution < 1.29 is 23.6 Å². The molecule has 1 heterocycles. The fraction of sp³-hybridized carbons (Fsp3) is 0.474. The molecule has 1 fully saturated rings. The fourth-order valence-corrected chi connectivity index (χ4v) is 2.60. The number of rotatable bonds is 5. The third-order valence-corrected chi connectivity index (χ3v) is 4.93.